The maximum absolute atomic E-state index is 12.4. The van der Waals surface area contributed by atoms with Crippen LogP contribution in [0.4, 0.5) is 5.69 Å². The van der Waals surface area contributed by atoms with Gasteiger partial charge in [0.25, 0.3) is 5.91 Å². The molecule has 4 heteroatoms. The Bertz CT molecular complexity index is 861. The zero-order chi connectivity index (χ0) is 17.6. The Balaban J connectivity index is 1.61. The number of benzene rings is 2. The molecular weight excluding hydrogens is 328 g/mol. The van der Waals surface area contributed by atoms with Crippen LogP contribution in [0.3, 0.4) is 0 Å². The predicted molar refractivity (Wildman–Crippen MR) is 104 cm³/mol. The largest absolute Gasteiger partial charge is 0.322 e. The Morgan fingerprint density at radius 3 is 2.56 bits per heavy atom. The third-order valence-electron chi connectivity index (χ3n) is 3.87. The summed E-state index contributed by atoms with van der Waals surface area (Å²) in [6.45, 7) is 3.98. The number of carbonyl (C=O) groups excluding carboxylic acids is 1. The van der Waals surface area contributed by atoms with Crippen molar-refractivity contribution in [2.45, 2.75) is 24.5 Å². The van der Waals surface area contributed by atoms with Crippen LogP contribution >= 0.6 is 11.8 Å². The fourth-order valence-electron chi connectivity index (χ4n) is 2.55. The van der Waals surface area contributed by atoms with E-state index < -0.39 is 0 Å². The Labute approximate surface area is 152 Å². The lowest BCUT2D eigenvalue weighted by molar-refractivity contribution is 0.102. The number of aryl methyl sites for hydroxylation is 2. The van der Waals surface area contributed by atoms with Crippen LogP contribution < -0.4 is 5.32 Å². The molecule has 0 saturated carbocycles. The molecule has 25 heavy (non-hydrogen) atoms. The van der Waals surface area contributed by atoms with Gasteiger partial charge in [-0.1, -0.05) is 23.8 Å². The van der Waals surface area contributed by atoms with Gasteiger partial charge in [0.1, 0.15) is 0 Å². The van der Waals surface area contributed by atoms with Gasteiger partial charge in [0.2, 0.25) is 0 Å². The molecule has 3 aromatic rings. The molecule has 2 aromatic carbocycles. The lowest BCUT2D eigenvalue weighted by Crippen LogP contribution is -2.13. The molecule has 1 amide bonds. The molecule has 126 valence electrons. The quantitative estimate of drug-likeness (QED) is 0.641. The molecule has 0 fully saturated rings. The summed E-state index contributed by atoms with van der Waals surface area (Å²) in [6, 6.07) is 17.8. The Morgan fingerprint density at radius 1 is 1.08 bits per heavy atom. The second-order valence-corrected chi connectivity index (χ2v) is 7.00. The molecule has 0 aliphatic heterocycles. The van der Waals surface area contributed by atoms with Gasteiger partial charge in [0, 0.05) is 34.3 Å². The molecule has 1 N–H and O–H groups in total. The van der Waals surface area contributed by atoms with Crippen molar-refractivity contribution in [3.8, 4) is 0 Å². The molecule has 0 aliphatic carbocycles. The van der Waals surface area contributed by atoms with Crippen LogP contribution in [0.25, 0.3) is 0 Å². The topological polar surface area (TPSA) is 42.0 Å². The van der Waals surface area contributed by atoms with E-state index in [4.69, 9.17) is 0 Å². The maximum atomic E-state index is 12.4. The van der Waals surface area contributed by atoms with Crippen molar-refractivity contribution in [3.05, 3.63) is 89.2 Å². The monoisotopic (exact) mass is 348 g/mol. The first-order valence-electron chi connectivity index (χ1n) is 8.12. The van der Waals surface area contributed by atoms with E-state index in [1.807, 2.05) is 68.6 Å². The number of pyridine rings is 1. The number of carbonyl (C=O) groups is 1. The second-order valence-electron chi connectivity index (χ2n) is 5.95. The van der Waals surface area contributed by atoms with Crippen LogP contribution in [0.15, 0.2) is 71.9 Å². The minimum Gasteiger partial charge on any atom is -0.322 e. The number of hydrogen-bond acceptors (Lipinski definition) is 3. The first-order chi connectivity index (χ1) is 12.1. The van der Waals surface area contributed by atoms with Crippen LogP contribution in [0.5, 0.6) is 0 Å². The van der Waals surface area contributed by atoms with Gasteiger partial charge in [-0.3, -0.25) is 9.78 Å². The molecule has 1 heterocycles. The first-order valence-corrected chi connectivity index (χ1v) is 9.11. The van der Waals surface area contributed by atoms with Crippen molar-refractivity contribution in [3.63, 3.8) is 0 Å². The predicted octanol–water partition coefficient (Wildman–Crippen LogP) is 5.24. The third-order valence-corrected chi connectivity index (χ3v) is 4.95. The van der Waals surface area contributed by atoms with E-state index in [-0.39, 0.29) is 5.91 Å². The maximum Gasteiger partial charge on any atom is 0.255 e. The van der Waals surface area contributed by atoms with Crippen LogP contribution in [-0.2, 0) is 5.75 Å². The van der Waals surface area contributed by atoms with Crippen LogP contribution in [0.2, 0.25) is 0 Å². The van der Waals surface area contributed by atoms with E-state index in [0.29, 0.717) is 5.56 Å². The third kappa shape index (κ3) is 4.70. The highest BCUT2D eigenvalue weighted by Crippen LogP contribution is 2.24. The number of anilines is 1. The summed E-state index contributed by atoms with van der Waals surface area (Å²) in [5.74, 6) is 0.801. The average Bonchev–Trinajstić information content (AvgIpc) is 2.62. The molecule has 0 spiro atoms. The van der Waals surface area contributed by atoms with E-state index in [2.05, 4.69) is 16.4 Å². The van der Waals surface area contributed by atoms with Crippen LogP contribution in [0, 0.1) is 13.8 Å². The summed E-state index contributed by atoms with van der Waals surface area (Å²) in [7, 11) is 0. The molecule has 3 rings (SSSR count). The SMILES string of the molecule is Cc1ccc(C(=O)Nc2ccc(SCc3cccnc3)cc2)c(C)c1. The fraction of sp³-hybridized carbons (Fsp3) is 0.143. The number of thioether (sulfide) groups is 1. The van der Waals surface area contributed by atoms with Crippen molar-refractivity contribution < 1.29 is 4.79 Å². The van der Waals surface area contributed by atoms with E-state index in [1.54, 1.807) is 18.0 Å². The highest BCUT2D eigenvalue weighted by molar-refractivity contribution is 7.98. The summed E-state index contributed by atoms with van der Waals surface area (Å²) in [5, 5.41) is 2.96. The zero-order valence-electron chi connectivity index (χ0n) is 14.3. The minimum atomic E-state index is -0.0757. The molecule has 0 aliphatic rings. The first kappa shape index (κ1) is 17.2. The molecule has 0 saturated heterocycles. The van der Waals surface area contributed by atoms with Gasteiger partial charge < -0.3 is 5.32 Å². The summed E-state index contributed by atoms with van der Waals surface area (Å²) in [4.78, 5) is 17.7. The van der Waals surface area contributed by atoms with Crippen molar-refractivity contribution >= 4 is 23.4 Å². The fourth-order valence-corrected chi connectivity index (χ4v) is 3.38. The smallest absolute Gasteiger partial charge is 0.255 e. The molecule has 1 aromatic heterocycles. The summed E-state index contributed by atoms with van der Waals surface area (Å²) in [5.41, 5.74) is 4.85. The van der Waals surface area contributed by atoms with E-state index in [0.717, 1.165) is 27.5 Å². The highest BCUT2D eigenvalue weighted by atomic mass is 32.2. The van der Waals surface area contributed by atoms with Gasteiger partial charge in [-0.05, 0) is 61.4 Å². The number of rotatable bonds is 5. The van der Waals surface area contributed by atoms with Crippen molar-refractivity contribution in [2.75, 3.05) is 5.32 Å². The van der Waals surface area contributed by atoms with Gasteiger partial charge in [-0.15, -0.1) is 11.8 Å². The molecule has 0 radical (unpaired) electrons. The number of nitrogens with one attached hydrogen (secondary N) is 1. The van der Waals surface area contributed by atoms with Gasteiger partial charge in [0.05, 0.1) is 0 Å². The second kappa shape index (κ2) is 7.99. The molecule has 0 atom stereocenters. The van der Waals surface area contributed by atoms with Crippen LogP contribution in [-0.4, -0.2) is 10.9 Å². The Kier molecular flexibility index (Phi) is 5.51. The zero-order valence-corrected chi connectivity index (χ0v) is 15.1. The van der Waals surface area contributed by atoms with Crippen molar-refractivity contribution in [1.29, 1.82) is 0 Å². The number of amides is 1. The van der Waals surface area contributed by atoms with E-state index >= 15 is 0 Å². The normalized spacial score (nSPS) is 10.5. The summed E-state index contributed by atoms with van der Waals surface area (Å²) >= 11 is 1.75. The Morgan fingerprint density at radius 2 is 1.88 bits per heavy atom. The molecule has 3 nitrogen and oxygen atoms in total. The Hall–Kier alpha value is -2.59. The molecule has 0 unspecified atom stereocenters. The number of hydrogen-bond donors (Lipinski definition) is 1. The molecule has 0 bridgehead atoms. The van der Waals surface area contributed by atoms with Crippen molar-refractivity contribution in [2.24, 2.45) is 0 Å². The van der Waals surface area contributed by atoms with Gasteiger partial charge >= 0.3 is 0 Å². The van der Waals surface area contributed by atoms with E-state index in [1.165, 1.54) is 5.56 Å². The minimum absolute atomic E-state index is 0.0757. The summed E-state index contributed by atoms with van der Waals surface area (Å²) in [6.07, 6.45) is 3.66. The number of nitrogens with zero attached hydrogens (tertiary/aromatic N) is 1. The summed E-state index contributed by atoms with van der Waals surface area (Å²) < 4.78 is 0. The van der Waals surface area contributed by atoms with Crippen LogP contribution in [0.1, 0.15) is 27.0 Å². The standard InChI is InChI=1S/C21H20N2OS/c1-15-5-10-20(16(2)12-15)21(24)23-18-6-8-19(9-7-18)25-14-17-4-3-11-22-13-17/h3-13H,14H2,1-2H3,(H,23,24). The van der Waals surface area contributed by atoms with Gasteiger partial charge in [-0.2, -0.15) is 0 Å². The van der Waals surface area contributed by atoms with Crippen molar-refractivity contribution in [1.82, 2.24) is 4.98 Å². The highest BCUT2D eigenvalue weighted by Gasteiger charge is 2.09. The van der Waals surface area contributed by atoms with Gasteiger partial charge in [0.15, 0.2) is 0 Å². The van der Waals surface area contributed by atoms with Gasteiger partial charge in [-0.25, -0.2) is 0 Å². The average molecular weight is 348 g/mol. The lowest BCUT2D eigenvalue weighted by Gasteiger charge is -2.09. The number of aromatic nitrogens is 1. The van der Waals surface area contributed by atoms with E-state index in [9.17, 15) is 4.79 Å². The lowest BCUT2D eigenvalue weighted by atomic mass is 10.1. The molecular formula is C21H20N2OS.